The van der Waals surface area contributed by atoms with Gasteiger partial charge in [-0.1, -0.05) is 60.7 Å². The van der Waals surface area contributed by atoms with Crippen molar-refractivity contribution in [3.05, 3.63) is 89.5 Å². The molecule has 0 saturated heterocycles. The second-order valence-electron chi connectivity index (χ2n) is 7.78. The molecule has 0 bridgehead atoms. The highest BCUT2D eigenvalue weighted by Gasteiger charge is 2.29. The molecule has 0 saturated carbocycles. The first kappa shape index (κ1) is 22.1. The maximum atomic E-state index is 12.5. The van der Waals surface area contributed by atoms with Gasteiger partial charge in [-0.2, -0.15) is 0 Å². The number of carbonyl (C=O) groups excluding carboxylic acids is 2. The Balaban J connectivity index is 1.30. The third kappa shape index (κ3) is 4.57. The Morgan fingerprint density at radius 3 is 2.12 bits per heavy atom. The molecule has 2 amide bonds. The SMILES string of the molecule is CN(C(=O)CCNC(=O)OCC1c2ccccc2-c2ccccc21)c1ccccc1C(=O)O. The lowest BCUT2D eigenvalue weighted by Gasteiger charge is -2.19. The van der Waals surface area contributed by atoms with Crippen LogP contribution in [0.25, 0.3) is 11.1 Å². The van der Waals surface area contributed by atoms with Crippen LogP contribution < -0.4 is 10.2 Å². The van der Waals surface area contributed by atoms with Crippen LogP contribution in [0.3, 0.4) is 0 Å². The van der Waals surface area contributed by atoms with E-state index in [2.05, 4.69) is 17.4 Å². The fourth-order valence-electron chi connectivity index (χ4n) is 4.17. The second-order valence-corrected chi connectivity index (χ2v) is 7.78. The highest BCUT2D eigenvalue weighted by atomic mass is 16.5. The maximum Gasteiger partial charge on any atom is 0.407 e. The molecule has 0 aliphatic heterocycles. The number of fused-ring (bicyclic) bond motifs is 3. The van der Waals surface area contributed by atoms with E-state index in [0.29, 0.717) is 5.69 Å². The predicted octanol–water partition coefficient (Wildman–Crippen LogP) is 4.28. The molecule has 0 fully saturated rings. The minimum Gasteiger partial charge on any atom is -0.478 e. The molecule has 0 heterocycles. The van der Waals surface area contributed by atoms with E-state index in [0.717, 1.165) is 22.3 Å². The van der Waals surface area contributed by atoms with E-state index in [4.69, 9.17) is 4.74 Å². The number of ether oxygens (including phenoxy) is 1. The fraction of sp³-hybridized carbons (Fsp3) is 0.192. The summed E-state index contributed by atoms with van der Waals surface area (Å²) in [5, 5.41) is 11.9. The predicted molar refractivity (Wildman–Crippen MR) is 125 cm³/mol. The average molecular weight is 444 g/mol. The van der Waals surface area contributed by atoms with E-state index >= 15 is 0 Å². The molecular weight excluding hydrogens is 420 g/mol. The molecule has 0 atom stereocenters. The topological polar surface area (TPSA) is 95.9 Å². The zero-order chi connectivity index (χ0) is 23.4. The van der Waals surface area contributed by atoms with E-state index in [1.54, 1.807) is 18.2 Å². The van der Waals surface area contributed by atoms with Gasteiger partial charge in [-0.15, -0.1) is 0 Å². The number of amides is 2. The molecule has 4 rings (SSSR count). The number of carbonyl (C=O) groups is 3. The van der Waals surface area contributed by atoms with E-state index in [-0.39, 0.29) is 37.0 Å². The molecular formula is C26H24N2O5. The molecule has 1 aliphatic carbocycles. The van der Waals surface area contributed by atoms with Crippen LogP contribution in [-0.4, -0.2) is 43.3 Å². The third-order valence-electron chi connectivity index (χ3n) is 5.82. The number of carboxylic acids is 1. The number of nitrogens with zero attached hydrogens (tertiary/aromatic N) is 1. The molecule has 33 heavy (non-hydrogen) atoms. The second kappa shape index (κ2) is 9.56. The van der Waals surface area contributed by atoms with Gasteiger partial charge in [0.1, 0.15) is 6.61 Å². The summed E-state index contributed by atoms with van der Waals surface area (Å²) in [6.45, 7) is 0.273. The number of nitrogens with one attached hydrogen (secondary N) is 1. The highest BCUT2D eigenvalue weighted by Crippen LogP contribution is 2.44. The minimum atomic E-state index is -1.11. The number of para-hydroxylation sites is 1. The van der Waals surface area contributed by atoms with Gasteiger partial charge in [0, 0.05) is 25.9 Å². The summed E-state index contributed by atoms with van der Waals surface area (Å²) < 4.78 is 5.46. The lowest BCUT2D eigenvalue weighted by Crippen LogP contribution is -2.33. The Bertz CT molecular complexity index is 1160. The summed E-state index contributed by atoms with van der Waals surface area (Å²) in [7, 11) is 1.51. The van der Waals surface area contributed by atoms with Crippen LogP contribution in [0, 0.1) is 0 Å². The third-order valence-corrected chi connectivity index (χ3v) is 5.82. The molecule has 168 valence electrons. The Hall–Kier alpha value is -4.13. The number of carboxylic acid groups (broad SMARTS) is 1. The summed E-state index contributed by atoms with van der Waals surface area (Å²) in [6, 6.07) is 22.4. The van der Waals surface area contributed by atoms with E-state index < -0.39 is 12.1 Å². The summed E-state index contributed by atoms with van der Waals surface area (Å²) in [5.74, 6) is -1.46. The van der Waals surface area contributed by atoms with Crippen molar-refractivity contribution in [2.45, 2.75) is 12.3 Å². The quantitative estimate of drug-likeness (QED) is 0.567. The largest absolute Gasteiger partial charge is 0.478 e. The standard InChI is InChI=1S/C26H24N2O5/c1-28(23-13-7-6-12-21(23)25(30)31)24(29)14-15-27-26(32)33-16-22-19-10-4-2-8-17(19)18-9-3-5-11-20(18)22/h2-13,22H,14-16H2,1H3,(H,27,32)(H,30,31). The van der Waals surface area contributed by atoms with Gasteiger partial charge in [0.15, 0.2) is 0 Å². The molecule has 0 spiro atoms. The van der Waals surface area contributed by atoms with Crippen molar-refractivity contribution in [1.82, 2.24) is 5.32 Å². The molecule has 0 aromatic heterocycles. The molecule has 3 aromatic rings. The van der Waals surface area contributed by atoms with Crippen LogP contribution in [0.2, 0.25) is 0 Å². The lowest BCUT2D eigenvalue weighted by molar-refractivity contribution is -0.118. The van der Waals surface area contributed by atoms with Crippen LogP contribution >= 0.6 is 0 Å². The molecule has 3 aromatic carbocycles. The summed E-state index contributed by atoms with van der Waals surface area (Å²) in [5.41, 5.74) is 4.89. The normalized spacial score (nSPS) is 11.9. The number of aromatic carboxylic acids is 1. The molecule has 1 aliphatic rings. The van der Waals surface area contributed by atoms with Gasteiger partial charge >= 0.3 is 12.1 Å². The van der Waals surface area contributed by atoms with Crippen molar-refractivity contribution in [3.8, 4) is 11.1 Å². The van der Waals surface area contributed by atoms with E-state index in [1.165, 1.54) is 18.0 Å². The van der Waals surface area contributed by atoms with Crippen LogP contribution in [-0.2, 0) is 9.53 Å². The average Bonchev–Trinajstić information content (AvgIpc) is 3.16. The fourth-order valence-corrected chi connectivity index (χ4v) is 4.17. The van der Waals surface area contributed by atoms with Gasteiger partial charge in [-0.25, -0.2) is 9.59 Å². The molecule has 7 heteroatoms. The Morgan fingerprint density at radius 2 is 1.48 bits per heavy atom. The van der Waals surface area contributed by atoms with Crippen LogP contribution in [0.1, 0.15) is 33.8 Å². The number of hydrogen-bond acceptors (Lipinski definition) is 4. The van der Waals surface area contributed by atoms with Gasteiger partial charge in [0.05, 0.1) is 11.3 Å². The molecule has 0 radical (unpaired) electrons. The van der Waals surface area contributed by atoms with Gasteiger partial charge < -0.3 is 20.1 Å². The number of benzene rings is 3. The first-order chi connectivity index (χ1) is 16.0. The van der Waals surface area contributed by atoms with Crippen molar-refractivity contribution in [1.29, 1.82) is 0 Å². The number of rotatable bonds is 7. The van der Waals surface area contributed by atoms with Crippen LogP contribution in [0.15, 0.2) is 72.8 Å². The van der Waals surface area contributed by atoms with Crippen molar-refractivity contribution in [2.24, 2.45) is 0 Å². The summed E-state index contributed by atoms with van der Waals surface area (Å²) >= 11 is 0. The number of hydrogen-bond donors (Lipinski definition) is 2. The van der Waals surface area contributed by atoms with Crippen LogP contribution in [0.5, 0.6) is 0 Å². The molecule has 0 unspecified atom stereocenters. The first-order valence-electron chi connectivity index (χ1n) is 10.6. The zero-order valence-corrected chi connectivity index (χ0v) is 18.2. The maximum absolute atomic E-state index is 12.5. The van der Waals surface area contributed by atoms with Gasteiger partial charge in [0.2, 0.25) is 5.91 Å². The van der Waals surface area contributed by atoms with Gasteiger partial charge in [-0.3, -0.25) is 4.79 Å². The van der Waals surface area contributed by atoms with Crippen molar-refractivity contribution >= 4 is 23.7 Å². The van der Waals surface area contributed by atoms with Crippen LogP contribution in [0.4, 0.5) is 10.5 Å². The van der Waals surface area contributed by atoms with E-state index in [9.17, 15) is 19.5 Å². The molecule has 2 N–H and O–H groups in total. The van der Waals surface area contributed by atoms with Crippen molar-refractivity contribution in [3.63, 3.8) is 0 Å². The van der Waals surface area contributed by atoms with Gasteiger partial charge in [0.25, 0.3) is 0 Å². The Morgan fingerprint density at radius 1 is 0.909 bits per heavy atom. The smallest absolute Gasteiger partial charge is 0.407 e. The minimum absolute atomic E-state index is 0.00858. The van der Waals surface area contributed by atoms with Crippen molar-refractivity contribution in [2.75, 3.05) is 25.1 Å². The summed E-state index contributed by atoms with van der Waals surface area (Å²) in [6.07, 6.45) is -0.590. The Kier molecular flexibility index (Phi) is 6.40. The Labute approximate surface area is 191 Å². The van der Waals surface area contributed by atoms with Gasteiger partial charge in [-0.05, 0) is 34.4 Å². The van der Waals surface area contributed by atoms with E-state index in [1.807, 2.05) is 36.4 Å². The van der Waals surface area contributed by atoms with Crippen molar-refractivity contribution < 1.29 is 24.2 Å². The first-order valence-corrected chi connectivity index (χ1v) is 10.6. The number of anilines is 1. The molecule has 7 nitrogen and oxygen atoms in total. The number of alkyl carbamates (subject to hydrolysis) is 1. The lowest BCUT2D eigenvalue weighted by atomic mass is 9.98. The monoisotopic (exact) mass is 444 g/mol. The summed E-state index contributed by atoms with van der Waals surface area (Å²) in [4.78, 5) is 37.4. The zero-order valence-electron chi connectivity index (χ0n) is 18.2. The highest BCUT2D eigenvalue weighted by molar-refractivity contribution is 6.01.